The van der Waals surface area contributed by atoms with Crippen LogP contribution in [0.25, 0.3) is 0 Å². The summed E-state index contributed by atoms with van der Waals surface area (Å²) in [6.07, 6.45) is 0.806. The third-order valence-corrected chi connectivity index (χ3v) is 3.28. The van der Waals surface area contributed by atoms with Crippen LogP contribution in [0, 0.1) is 0 Å². The van der Waals surface area contributed by atoms with E-state index < -0.39 is 12.0 Å². The normalized spacial score (nSPS) is 11.9. The van der Waals surface area contributed by atoms with E-state index in [1.807, 2.05) is 18.4 Å². The van der Waals surface area contributed by atoms with E-state index in [1.165, 1.54) is 11.3 Å². The lowest BCUT2D eigenvalue weighted by Crippen LogP contribution is -2.39. The number of hydrogen-bond acceptors (Lipinski definition) is 4. The average molecular weight is 255 g/mol. The van der Waals surface area contributed by atoms with E-state index in [-0.39, 0.29) is 5.91 Å². The molecule has 1 aromatic heterocycles. The van der Waals surface area contributed by atoms with Gasteiger partial charge < -0.3 is 10.1 Å². The van der Waals surface area contributed by atoms with Crippen molar-refractivity contribution in [2.45, 2.75) is 33.2 Å². The summed E-state index contributed by atoms with van der Waals surface area (Å²) < 4.78 is 4.83. The highest BCUT2D eigenvalue weighted by molar-refractivity contribution is 7.12. The summed E-state index contributed by atoms with van der Waals surface area (Å²) in [6, 6.07) is 1.31. The molecule has 1 aromatic rings. The molecule has 5 heteroatoms. The summed E-state index contributed by atoms with van der Waals surface area (Å²) >= 11 is 1.39. The van der Waals surface area contributed by atoms with Crippen LogP contribution in [0.1, 0.15) is 36.0 Å². The highest BCUT2D eigenvalue weighted by Crippen LogP contribution is 2.17. The summed E-state index contributed by atoms with van der Waals surface area (Å²) in [6.45, 7) is 5.67. The fourth-order valence-corrected chi connectivity index (χ4v) is 2.30. The number of nitrogens with one attached hydrogen (secondary N) is 1. The molecule has 0 aromatic carbocycles. The number of ether oxygens (including phenoxy) is 1. The topological polar surface area (TPSA) is 55.4 Å². The molecular weight excluding hydrogens is 238 g/mol. The van der Waals surface area contributed by atoms with E-state index in [4.69, 9.17) is 4.74 Å². The molecule has 0 spiro atoms. The quantitative estimate of drug-likeness (QED) is 0.819. The number of esters is 1. The van der Waals surface area contributed by atoms with Crippen LogP contribution in [0.3, 0.4) is 0 Å². The third-order valence-electron chi connectivity index (χ3n) is 2.32. The fourth-order valence-electron chi connectivity index (χ4n) is 1.40. The van der Waals surface area contributed by atoms with E-state index >= 15 is 0 Å². The zero-order valence-electron chi connectivity index (χ0n) is 10.3. The van der Waals surface area contributed by atoms with E-state index in [0.29, 0.717) is 11.5 Å². The first-order valence-corrected chi connectivity index (χ1v) is 6.52. The SMILES string of the molecule is CCOC(=O)C(C)NC(=O)c1sccc1CC. The molecule has 0 radical (unpaired) electrons. The highest BCUT2D eigenvalue weighted by Gasteiger charge is 2.19. The average Bonchev–Trinajstić information content (AvgIpc) is 2.77. The molecular formula is C12H17NO3S. The van der Waals surface area contributed by atoms with Gasteiger partial charge in [0.25, 0.3) is 5.91 Å². The van der Waals surface area contributed by atoms with Crippen LogP contribution < -0.4 is 5.32 Å². The fraction of sp³-hybridized carbons (Fsp3) is 0.500. The molecule has 1 heterocycles. The van der Waals surface area contributed by atoms with Crippen molar-refractivity contribution < 1.29 is 14.3 Å². The Kier molecular flexibility index (Phi) is 5.15. The minimum Gasteiger partial charge on any atom is -0.464 e. The molecule has 0 bridgehead atoms. The Morgan fingerprint density at radius 2 is 2.18 bits per heavy atom. The zero-order valence-corrected chi connectivity index (χ0v) is 11.1. The summed E-state index contributed by atoms with van der Waals surface area (Å²) in [5, 5.41) is 4.52. The minimum absolute atomic E-state index is 0.211. The van der Waals surface area contributed by atoms with Gasteiger partial charge in [-0.2, -0.15) is 0 Å². The Morgan fingerprint density at radius 3 is 2.76 bits per heavy atom. The second-order valence-electron chi connectivity index (χ2n) is 3.58. The van der Waals surface area contributed by atoms with Crippen molar-refractivity contribution >= 4 is 23.2 Å². The Labute approximate surface area is 105 Å². The lowest BCUT2D eigenvalue weighted by molar-refractivity contribution is -0.144. The van der Waals surface area contributed by atoms with Crippen molar-refractivity contribution in [1.29, 1.82) is 0 Å². The maximum absolute atomic E-state index is 11.9. The molecule has 1 unspecified atom stereocenters. The van der Waals surface area contributed by atoms with E-state index in [9.17, 15) is 9.59 Å². The molecule has 0 saturated carbocycles. The van der Waals surface area contributed by atoms with Gasteiger partial charge in [0.1, 0.15) is 6.04 Å². The van der Waals surface area contributed by atoms with E-state index in [2.05, 4.69) is 5.32 Å². The second kappa shape index (κ2) is 6.39. The molecule has 94 valence electrons. The molecule has 17 heavy (non-hydrogen) atoms. The van der Waals surface area contributed by atoms with Crippen LogP contribution in [0.15, 0.2) is 11.4 Å². The molecule has 1 N–H and O–H groups in total. The van der Waals surface area contributed by atoms with E-state index in [1.54, 1.807) is 13.8 Å². The van der Waals surface area contributed by atoms with Crippen molar-refractivity contribution in [3.8, 4) is 0 Å². The second-order valence-corrected chi connectivity index (χ2v) is 4.49. The summed E-state index contributed by atoms with van der Waals surface area (Å²) in [4.78, 5) is 23.9. The van der Waals surface area contributed by atoms with Gasteiger partial charge in [0.05, 0.1) is 11.5 Å². The summed E-state index contributed by atoms with van der Waals surface area (Å²) in [5.74, 6) is -0.618. The number of hydrogen-bond donors (Lipinski definition) is 1. The predicted molar refractivity (Wildman–Crippen MR) is 67.3 cm³/mol. The Hall–Kier alpha value is -1.36. The lowest BCUT2D eigenvalue weighted by atomic mass is 10.2. The molecule has 1 amide bonds. The molecule has 0 fully saturated rings. The third kappa shape index (κ3) is 3.56. The Balaban J connectivity index is 2.63. The van der Waals surface area contributed by atoms with Crippen LogP contribution >= 0.6 is 11.3 Å². The summed E-state index contributed by atoms with van der Waals surface area (Å²) in [5.41, 5.74) is 1.00. The number of carbonyl (C=O) groups is 2. The molecule has 0 aliphatic heterocycles. The standard InChI is InChI=1S/C12H17NO3S/c1-4-9-6-7-17-10(9)11(14)13-8(3)12(15)16-5-2/h6-8H,4-5H2,1-3H3,(H,13,14). The van der Waals surface area contributed by atoms with E-state index in [0.717, 1.165) is 12.0 Å². The summed E-state index contributed by atoms with van der Waals surface area (Å²) in [7, 11) is 0. The van der Waals surface area contributed by atoms with Gasteiger partial charge in [-0.3, -0.25) is 4.79 Å². The largest absolute Gasteiger partial charge is 0.464 e. The van der Waals surface area contributed by atoms with Crippen molar-refractivity contribution in [3.05, 3.63) is 21.9 Å². The van der Waals surface area contributed by atoms with Crippen LogP contribution in [0.2, 0.25) is 0 Å². The van der Waals surface area contributed by atoms with Crippen LogP contribution in [0.5, 0.6) is 0 Å². The van der Waals surface area contributed by atoms with Gasteiger partial charge in [0.2, 0.25) is 0 Å². The number of rotatable bonds is 5. The molecule has 1 rings (SSSR count). The molecule has 0 aliphatic carbocycles. The number of aryl methyl sites for hydroxylation is 1. The van der Waals surface area contributed by atoms with Gasteiger partial charge >= 0.3 is 5.97 Å². The monoisotopic (exact) mass is 255 g/mol. The predicted octanol–water partition coefficient (Wildman–Crippen LogP) is 1.99. The maximum atomic E-state index is 11.9. The van der Waals surface area contributed by atoms with Crippen LogP contribution in [-0.2, 0) is 16.0 Å². The van der Waals surface area contributed by atoms with Crippen molar-refractivity contribution in [2.24, 2.45) is 0 Å². The molecule has 0 saturated heterocycles. The molecule has 1 atom stereocenters. The number of thiophene rings is 1. The number of amides is 1. The van der Waals surface area contributed by atoms with Crippen molar-refractivity contribution in [2.75, 3.05) is 6.61 Å². The van der Waals surface area contributed by atoms with Crippen LogP contribution in [0.4, 0.5) is 0 Å². The number of carbonyl (C=O) groups excluding carboxylic acids is 2. The van der Waals surface area contributed by atoms with Gasteiger partial charge in [0, 0.05) is 0 Å². The first kappa shape index (κ1) is 13.7. The smallest absolute Gasteiger partial charge is 0.328 e. The Bertz CT molecular complexity index is 400. The molecule has 0 aliphatic rings. The minimum atomic E-state index is -0.616. The van der Waals surface area contributed by atoms with Gasteiger partial charge in [-0.15, -0.1) is 11.3 Å². The van der Waals surface area contributed by atoms with Crippen molar-refractivity contribution in [1.82, 2.24) is 5.32 Å². The van der Waals surface area contributed by atoms with Gasteiger partial charge in [0.15, 0.2) is 0 Å². The van der Waals surface area contributed by atoms with Gasteiger partial charge in [-0.05, 0) is 37.3 Å². The van der Waals surface area contributed by atoms with Crippen LogP contribution in [-0.4, -0.2) is 24.5 Å². The van der Waals surface area contributed by atoms with Gasteiger partial charge in [-0.1, -0.05) is 6.92 Å². The maximum Gasteiger partial charge on any atom is 0.328 e. The van der Waals surface area contributed by atoms with Crippen molar-refractivity contribution in [3.63, 3.8) is 0 Å². The molecule has 4 nitrogen and oxygen atoms in total. The first-order chi connectivity index (χ1) is 8.10. The zero-order chi connectivity index (χ0) is 12.8. The first-order valence-electron chi connectivity index (χ1n) is 5.64. The van der Waals surface area contributed by atoms with Gasteiger partial charge in [-0.25, -0.2) is 4.79 Å². The Morgan fingerprint density at radius 1 is 1.47 bits per heavy atom. The highest BCUT2D eigenvalue weighted by atomic mass is 32.1. The lowest BCUT2D eigenvalue weighted by Gasteiger charge is -2.12.